The SMILES string of the molecule is CN(c1cc(-c2ccc(C(F)(F)F)nc2)cc(-c2nnc3nc(N(C)c4cccc(Br)c4)c4cc(Cl)c(Cl)cc4n23)c1)c1nc2nncn2c2cc(Cl)c(Cl)cc12. The lowest BCUT2D eigenvalue weighted by Crippen LogP contribution is -2.14. The second kappa shape index (κ2) is 14.0. The Morgan fingerprint density at radius 3 is 1.98 bits per heavy atom. The normalized spacial score (nSPS) is 12.0. The lowest BCUT2D eigenvalue weighted by atomic mass is 10.0. The van der Waals surface area contributed by atoms with Crippen LogP contribution in [-0.2, 0) is 6.18 Å². The second-order valence-corrected chi connectivity index (χ2v) is 15.4. The van der Waals surface area contributed by atoms with Gasteiger partial charge >= 0.3 is 6.18 Å². The summed E-state index contributed by atoms with van der Waals surface area (Å²) in [6, 6.07) is 22.3. The van der Waals surface area contributed by atoms with Crippen molar-refractivity contribution in [3.8, 4) is 22.5 Å². The fraction of sp³-hybridized carbons (Fsp3) is 0.0789. The number of rotatable bonds is 6. The number of aromatic nitrogens is 9. The fourth-order valence-electron chi connectivity index (χ4n) is 6.63. The molecule has 4 aromatic carbocycles. The summed E-state index contributed by atoms with van der Waals surface area (Å²) < 4.78 is 45.0. The molecular formula is C38H21BrCl4F3N11. The Morgan fingerprint density at radius 2 is 1.30 bits per heavy atom. The van der Waals surface area contributed by atoms with Gasteiger partial charge in [-0.3, -0.25) is 13.8 Å². The van der Waals surface area contributed by atoms with E-state index in [0.29, 0.717) is 82.5 Å². The zero-order valence-corrected chi connectivity index (χ0v) is 33.7. The minimum atomic E-state index is -4.62. The highest BCUT2D eigenvalue weighted by Crippen LogP contribution is 2.41. The Kier molecular flexibility index (Phi) is 9.12. The molecule has 0 saturated carbocycles. The number of halogens is 8. The Bertz CT molecular complexity index is 3080. The van der Waals surface area contributed by atoms with E-state index >= 15 is 0 Å². The topological polar surface area (TPSA) is 106 Å². The number of hydrogen-bond donors (Lipinski definition) is 0. The summed E-state index contributed by atoms with van der Waals surface area (Å²) >= 11 is 29.8. The number of fused-ring (bicyclic) bond motifs is 6. The van der Waals surface area contributed by atoms with Gasteiger partial charge in [0.25, 0.3) is 11.6 Å². The first-order chi connectivity index (χ1) is 27.2. The van der Waals surface area contributed by atoms with Crippen molar-refractivity contribution in [1.29, 1.82) is 0 Å². The van der Waals surface area contributed by atoms with Crippen molar-refractivity contribution in [2.24, 2.45) is 0 Å². The Labute approximate surface area is 348 Å². The number of hydrogen-bond acceptors (Lipinski definition) is 9. The van der Waals surface area contributed by atoms with Gasteiger partial charge in [0.15, 0.2) is 5.82 Å². The zero-order chi connectivity index (χ0) is 39.9. The van der Waals surface area contributed by atoms with E-state index in [-0.39, 0.29) is 10.8 Å². The molecule has 11 nitrogen and oxygen atoms in total. The van der Waals surface area contributed by atoms with Crippen LogP contribution in [0.25, 0.3) is 55.9 Å². The lowest BCUT2D eigenvalue weighted by molar-refractivity contribution is -0.141. The van der Waals surface area contributed by atoms with Crippen molar-refractivity contribution in [3.05, 3.63) is 122 Å². The maximum atomic E-state index is 13.6. The average Bonchev–Trinajstić information content (AvgIpc) is 3.85. The monoisotopic (exact) mass is 907 g/mol. The highest BCUT2D eigenvalue weighted by molar-refractivity contribution is 9.10. The van der Waals surface area contributed by atoms with E-state index in [1.165, 1.54) is 18.6 Å². The summed E-state index contributed by atoms with van der Waals surface area (Å²) in [5.41, 5.74) is 3.07. The van der Waals surface area contributed by atoms with Crippen LogP contribution < -0.4 is 9.80 Å². The molecule has 0 atom stereocenters. The van der Waals surface area contributed by atoms with E-state index in [4.69, 9.17) is 56.4 Å². The van der Waals surface area contributed by atoms with Gasteiger partial charge in [-0.25, -0.2) is 0 Å². The molecule has 0 radical (unpaired) electrons. The van der Waals surface area contributed by atoms with Crippen molar-refractivity contribution in [2.75, 3.05) is 23.9 Å². The van der Waals surface area contributed by atoms with Crippen molar-refractivity contribution >= 4 is 119 Å². The molecule has 0 aliphatic rings. The van der Waals surface area contributed by atoms with E-state index in [1.54, 1.807) is 57.1 Å². The van der Waals surface area contributed by atoms with Crippen LogP contribution in [0.15, 0.2) is 95.9 Å². The highest BCUT2D eigenvalue weighted by atomic mass is 79.9. The van der Waals surface area contributed by atoms with Crippen LogP contribution in [0.2, 0.25) is 20.1 Å². The molecule has 284 valence electrons. The van der Waals surface area contributed by atoms with Gasteiger partial charge in [-0.05, 0) is 72.3 Å². The summed E-state index contributed by atoms with van der Waals surface area (Å²) in [5, 5.41) is 19.8. The van der Waals surface area contributed by atoms with Gasteiger partial charge in [-0.15, -0.1) is 20.4 Å². The Balaban J connectivity index is 1.28. The molecule has 19 heteroatoms. The van der Waals surface area contributed by atoms with Crippen molar-refractivity contribution in [1.82, 2.24) is 44.1 Å². The summed E-state index contributed by atoms with van der Waals surface area (Å²) in [4.78, 5) is 17.2. The maximum absolute atomic E-state index is 13.6. The predicted molar refractivity (Wildman–Crippen MR) is 221 cm³/mol. The van der Waals surface area contributed by atoms with E-state index in [2.05, 4.69) is 41.3 Å². The van der Waals surface area contributed by atoms with Crippen LogP contribution in [-0.4, -0.2) is 58.2 Å². The van der Waals surface area contributed by atoms with Crippen molar-refractivity contribution in [2.45, 2.75) is 6.18 Å². The van der Waals surface area contributed by atoms with Gasteiger partial charge in [0.05, 0.1) is 31.1 Å². The van der Waals surface area contributed by atoms with E-state index in [9.17, 15) is 13.2 Å². The number of pyridine rings is 1. The molecule has 0 saturated heterocycles. The molecule has 57 heavy (non-hydrogen) atoms. The van der Waals surface area contributed by atoms with Crippen LogP contribution >= 0.6 is 62.3 Å². The Hall–Kier alpha value is -5.32. The Morgan fingerprint density at radius 1 is 0.649 bits per heavy atom. The van der Waals surface area contributed by atoms with Gasteiger partial charge in [-0.2, -0.15) is 23.1 Å². The van der Waals surface area contributed by atoms with Gasteiger partial charge in [0.2, 0.25) is 0 Å². The molecule has 0 spiro atoms. The molecule has 0 N–H and O–H groups in total. The summed E-state index contributed by atoms with van der Waals surface area (Å²) in [6.45, 7) is 0. The molecule has 9 aromatic rings. The molecule has 0 amide bonds. The predicted octanol–water partition coefficient (Wildman–Crippen LogP) is 11.5. The summed E-state index contributed by atoms with van der Waals surface area (Å²) in [5.74, 6) is 1.89. The molecular weight excluding hydrogens is 889 g/mol. The first kappa shape index (κ1) is 37.3. The molecule has 0 unspecified atom stereocenters. The van der Waals surface area contributed by atoms with Gasteiger partial charge in [0, 0.05) is 58.0 Å². The first-order valence-corrected chi connectivity index (χ1v) is 19.0. The van der Waals surface area contributed by atoms with Crippen LogP contribution in [0.4, 0.5) is 36.2 Å². The van der Waals surface area contributed by atoms with E-state index < -0.39 is 11.9 Å². The van der Waals surface area contributed by atoms with Crippen LogP contribution in [0.1, 0.15) is 5.69 Å². The third-order valence-corrected chi connectivity index (χ3v) is 11.4. The third kappa shape index (κ3) is 6.52. The molecule has 0 aliphatic carbocycles. The smallest absolute Gasteiger partial charge is 0.329 e. The minimum Gasteiger partial charge on any atom is -0.329 e. The molecule has 5 heterocycles. The summed E-state index contributed by atoms with van der Waals surface area (Å²) in [6.07, 6.45) is -1.93. The average molecular weight is 910 g/mol. The standard InChI is InChI=1S/C38H21BrCl4F3N11/c1-54(22-5-3-4-21(39)11-22)35-25-13-27(41)29(43)15-31(25)57-33(51-53-37(57)50-35)20-8-19(18-6-7-32(47-16-18)38(44,45)46)9-23(10-20)55(2)34-24-12-26(40)28(42)14-30(24)56-17-48-52-36(56)49-34/h3-17H,1-2H3. The third-order valence-electron chi connectivity index (χ3n) is 9.43. The van der Waals surface area contributed by atoms with Crippen molar-refractivity contribution in [3.63, 3.8) is 0 Å². The molecule has 9 rings (SSSR count). The van der Waals surface area contributed by atoms with Crippen LogP contribution in [0.5, 0.6) is 0 Å². The minimum absolute atomic E-state index is 0.251. The number of benzene rings is 4. The molecule has 5 aromatic heterocycles. The zero-order valence-electron chi connectivity index (χ0n) is 29.1. The van der Waals surface area contributed by atoms with Gasteiger partial charge in [-0.1, -0.05) is 74.5 Å². The summed E-state index contributed by atoms with van der Waals surface area (Å²) in [7, 11) is 3.66. The quantitative estimate of drug-likeness (QED) is 0.161. The van der Waals surface area contributed by atoms with Gasteiger partial charge < -0.3 is 9.80 Å². The van der Waals surface area contributed by atoms with E-state index in [1.807, 2.05) is 42.3 Å². The molecule has 0 aliphatic heterocycles. The lowest BCUT2D eigenvalue weighted by Gasteiger charge is -2.23. The second-order valence-electron chi connectivity index (χ2n) is 12.9. The van der Waals surface area contributed by atoms with Crippen LogP contribution in [0, 0.1) is 0 Å². The largest absolute Gasteiger partial charge is 0.433 e. The fourth-order valence-corrected chi connectivity index (χ4v) is 7.66. The number of nitrogens with zero attached hydrogens (tertiary/aromatic N) is 11. The molecule has 0 bridgehead atoms. The van der Waals surface area contributed by atoms with Crippen molar-refractivity contribution < 1.29 is 13.2 Å². The van der Waals surface area contributed by atoms with Gasteiger partial charge in [0.1, 0.15) is 23.7 Å². The number of anilines is 4. The maximum Gasteiger partial charge on any atom is 0.433 e. The van der Waals surface area contributed by atoms with Crippen LogP contribution in [0.3, 0.4) is 0 Å². The molecule has 0 fully saturated rings. The van der Waals surface area contributed by atoms with E-state index in [0.717, 1.165) is 16.2 Å². The highest BCUT2D eigenvalue weighted by Gasteiger charge is 2.32. The number of alkyl halides is 3. The first-order valence-electron chi connectivity index (χ1n) is 16.7.